The highest BCUT2D eigenvalue weighted by atomic mass is 16.6. The van der Waals surface area contributed by atoms with Gasteiger partial charge in [0.2, 0.25) is 6.54 Å². The Morgan fingerprint density at radius 1 is 1.35 bits per heavy atom. The number of ether oxygens (including phenoxy) is 1. The molecule has 1 aromatic carbocycles. The molecular formula is C18H23NO4. The van der Waals surface area contributed by atoms with Crippen molar-refractivity contribution in [3.8, 4) is 5.75 Å². The van der Waals surface area contributed by atoms with Crippen molar-refractivity contribution in [2.24, 2.45) is 5.92 Å². The highest BCUT2D eigenvalue weighted by molar-refractivity contribution is 5.81. The molecule has 1 aromatic rings. The number of nitro groups is 1. The Labute approximate surface area is 136 Å². The van der Waals surface area contributed by atoms with E-state index in [-0.39, 0.29) is 16.9 Å². The Morgan fingerprint density at radius 3 is 2.52 bits per heavy atom. The van der Waals surface area contributed by atoms with Gasteiger partial charge >= 0.3 is 5.97 Å². The molecule has 0 aromatic heterocycles. The third kappa shape index (κ3) is 3.78. The summed E-state index contributed by atoms with van der Waals surface area (Å²) in [5.74, 6) is -1.10. The minimum absolute atomic E-state index is 0.0817. The maximum atomic E-state index is 12.3. The largest absolute Gasteiger partial charge is 0.426 e. The van der Waals surface area contributed by atoms with Gasteiger partial charge in [-0.05, 0) is 30.9 Å². The number of fused-ring (bicyclic) bond motifs is 1. The monoisotopic (exact) mass is 317 g/mol. The quantitative estimate of drug-likeness (QED) is 0.279. The number of allylic oxidation sites excluding steroid dienone is 1. The van der Waals surface area contributed by atoms with E-state index in [1.54, 1.807) is 12.1 Å². The number of carbonyl (C=O) groups is 1. The molecule has 0 saturated carbocycles. The average molecular weight is 317 g/mol. The predicted molar refractivity (Wildman–Crippen MR) is 88.3 cm³/mol. The first-order chi connectivity index (χ1) is 10.6. The summed E-state index contributed by atoms with van der Waals surface area (Å²) >= 11 is 0. The smallest absolute Gasteiger partial charge is 0.319 e. The van der Waals surface area contributed by atoms with Crippen LogP contribution in [0.1, 0.15) is 51.7 Å². The zero-order chi connectivity index (χ0) is 17.4. The lowest BCUT2D eigenvalue weighted by Crippen LogP contribution is -2.34. The van der Waals surface area contributed by atoms with E-state index in [0.29, 0.717) is 5.75 Å². The van der Waals surface area contributed by atoms with Crippen molar-refractivity contribution >= 4 is 5.97 Å². The molecule has 124 valence electrons. The molecule has 1 aliphatic heterocycles. The standard InChI is InChI=1S/C18H23NO4/c1-11(2)8-14-15(10-19(21)22)13-9-12(18(3,4)5)6-7-16(13)23-17(14)20/h6-9,14-15H,10H2,1-5H3/t14-,15-/m0/s1. The van der Waals surface area contributed by atoms with Gasteiger partial charge in [-0.1, -0.05) is 44.6 Å². The van der Waals surface area contributed by atoms with E-state index < -0.39 is 17.8 Å². The molecule has 5 heteroatoms. The highest BCUT2D eigenvalue weighted by Gasteiger charge is 2.39. The van der Waals surface area contributed by atoms with E-state index in [9.17, 15) is 14.9 Å². The van der Waals surface area contributed by atoms with Crippen LogP contribution < -0.4 is 4.74 Å². The second kappa shape index (κ2) is 6.14. The number of rotatable bonds is 3. The SMILES string of the molecule is CC(C)=C[C@@H]1C(=O)Oc2ccc(C(C)(C)C)cc2[C@@H]1C[N+](=O)[O-]. The molecule has 5 nitrogen and oxygen atoms in total. The van der Waals surface area contributed by atoms with Gasteiger partial charge in [0.05, 0.1) is 11.8 Å². The fraction of sp³-hybridized carbons (Fsp3) is 0.500. The molecule has 0 fully saturated rings. The zero-order valence-electron chi connectivity index (χ0n) is 14.3. The van der Waals surface area contributed by atoms with Crippen LogP contribution in [0.2, 0.25) is 0 Å². The van der Waals surface area contributed by atoms with Crippen LogP contribution in [0.4, 0.5) is 0 Å². The summed E-state index contributed by atoms with van der Waals surface area (Å²) in [4.78, 5) is 23.0. The van der Waals surface area contributed by atoms with Crippen LogP contribution in [0.3, 0.4) is 0 Å². The third-order valence-corrected chi connectivity index (χ3v) is 4.05. The number of hydrogen-bond donors (Lipinski definition) is 0. The van der Waals surface area contributed by atoms with Crippen LogP contribution in [-0.2, 0) is 10.2 Å². The molecule has 0 bridgehead atoms. The van der Waals surface area contributed by atoms with Crippen molar-refractivity contribution < 1.29 is 14.5 Å². The molecule has 2 atom stereocenters. The maximum Gasteiger partial charge on any atom is 0.319 e. The van der Waals surface area contributed by atoms with Crippen molar-refractivity contribution in [1.29, 1.82) is 0 Å². The van der Waals surface area contributed by atoms with E-state index in [4.69, 9.17) is 4.74 Å². The molecule has 1 heterocycles. The van der Waals surface area contributed by atoms with Crippen LogP contribution >= 0.6 is 0 Å². The van der Waals surface area contributed by atoms with Gasteiger partial charge in [0.15, 0.2) is 0 Å². The minimum Gasteiger partial charge on any atom is -0.426 e. The van der Waals surface area contributed by atoms with Crippen molar-refractivity contribution in [1.82, 2.24) is 0 Å². The lowest BCUT2D eigenvalue weighted by molar-refractivity contribution is -0.484. The van der Waals surface area contributed by atoms with Gasteiger partial charge in [-0.3, -0.25) is 14.9 Å². The molecule has 2 rings (SSSR count). The molecule has 1 aliphatic rings. The number of benzene rings is 1. The molecule has 23 heavy (non-hydrogen) atoms. The van der Waals surface area contributed by atoms with E-state index in [1.807, 2.05) is 26.0 Å². The zero-order valence-corrected chi connectivity index (χ0v) is 14.3. The summed E-state index contributed by atoms with van der Waals surface area (Å²) < 4.78 is 5.42. The van der Waals surface area contributed by atoms with Crippen molar-refractivity contribution in [3.63, 3.8) is 0 Å². The predicted octanol–water partition coefficient (Wildman–Crippen LogP) is 3.85. The Morgan fingerprint density at radius 2 is 2.00 bits per heavy atom. The summed E-state index contributed by atoms with van der Waals surface area (Å²) in [6.45, 7) is 9.71. The van der Waals surface area contributed by atoms with Gasteiger partial charge in [-0.25, -0.2) is 0 Å². The molecule has 0 unspecified atom stereocenters. The summed E-state index contributed by atoms with van der Waals surface area (Å²) in [5.41, 5.74) is 2.67. The molecular weight excluding hydrogens is 294 g/mol. The molecule has 0 aliphatic carbocycles. The topological polar surface area (TPSA) is 69.4 Å². The summed E-state index contributed by atoms with van der Waals surface area (Å²) in [6, 6.07) is 5.61. The van der Waals surface area contributed by atoms with Gasteiger partial charge in [0.1, 0.15) is 5.75 Å². The highest BCUT2D eigenvalue weighted by Crippen LogP contribution is 2.41. The number of nitrogens with zero attached hydrogens (tertiary/aromatic N) is 1. The maximum absolute atomic E-state index is 12.3. The van der Waals surface area contributed by atoms with Gasteiger partial charge in [0.25, 0.3) is 0 Å². The van der Waals surface area contributed by atoms with Gasteiger partial charge in [-0.2, -0.15) is 0 Å². The molecule has 0 spiro atoms. The summed E-state index contributed by atoms with van der Waals surface area (Å²) in [7, 11) is 0. The second-order valence-corrected chi connectivity index (χ2v) is 7.32. The van der Waals surface area contributed by atoms with Crippen LogP contribution in [0.5, 0.6) is 5.75 Å². The summed E-state index contributed by atoms with van der Waals surface area (Å²) in [5, 5.41) is 11.1. The Kier molecular flexibility index (Phi) is 4.59. The molecule has 0 N–H and O–H groups in total. The van der Waals surface area contributed by atoms with E-state index in [2.05, 4.69) is 20.8 Å². The lowest BCUT2D eigenvalue weighted by atomic mass is 9.79. The molecule has 0 amide bonds. The molecule has 0 saturated heterocycles. The minimum atomic E-state index is -0.617. The summed E-state index contributed by atoms with van der Waals surface area (Å²) in [6.07, 6.45) is 1.77. The van der Waals surface area contributed by atoms with Crippen LogP contribution in [0.15, 0.2) is 29.8 Å². The first kappa shape index (κ1) is 17.2. The lowest BCUT2D eigenvalue weighted by Gasteiger charge is -2.30. The second-order valence-electron chi connectivity index (χ2n) is 7.32. The molecule has 0 radical (unpaired) electrons. The Bertz CT molecular complexity index is 666. The van der Waals surface area contributed by atoms with Crippen LogP contribution in [-0.4, -0.2) is 17.4 Å². The number of esters is 1. The number of hydrogen-bond acceptors (Lipinski definition) is 4. The van der Waals surface area contributed by atoms with E-state index >= 15 is 0 Å². The van der Waals surface area contributed by atoms with Gasteiger partial charge in [-0.15, -0.1) is 0 Å². The van der Waals surface area contributed by atoms with E-state index in [0.717, 1.165) is 16.7 Å². The number of carbonyl (C=O) groups excluding carboxylic acids is 1. The van der Waals surface area contributed by atoms with Crippen LogP contribution in [0, 0.1) is 16.0 Å². The fourth-order valence-electron chi connectivity index (χ4n) is 2.85. The van der Waals surface area contributed by atoms with Crippen molar-refractivity contribution in [3.05, 3.63) is 51.1 Å². The Hall–Kier alpha value is -2.17. The third-order valence-electron chi connectivity index (χ3n) is 4.05. The Balaban J connectivity index is 2.57. The van der Waals surface area contributed by atoms with Gasteiger partial charge < -0.3 is 4.74 Å². The van der Waals surface area contributed by atoms with Crippen LogP contribution in [0.25, 0.3) is 0 Å². The van der Waals surface area contributed by atoms with Gasteiger partial charge in [0, 0.05) is 10.5 Å². The van der Waals surface area contributed by atoms with E-state index in [1.165, 1.54) is 0 Å². The normalized spacial score (nSPS) is 20.5. The van der Waals surface area contributed by atoms with Crippen molar-refractivity contribution in [2.75, 3.05) is 6.54 Å². The fourth-order valence-corrected chi connectivity index (χ4v) is 2.85. The first-order valence-electron chi connectivity index (χ1n) is 7.72. The average Bonchev–Trinajstić information content (AvgIpc) is 2.40. The first-order valence-corrected chi connectivity index (χ1v) is 7.72. The van der Waals surface area contributed by atoms with Crippen molar-refractivity contribution in [2.45, 2.75) is 46.0 Å².